The minimum Gasteiger partial charge on any atom is -0.423 e. The number of hydrogen-bond donors (Lipinski definition) is 2. The maximum Gasteiger partial charge on any atom is 0.298 e. The average molecular weight is 234 g/mol. The van der Waals surface area contributed by atoms with Gasteiger partial charge in [0, 0.05) is 20.0 Å². The maximum absolute atomic E-state index is 8.44. The van der Waals surface area contributed by atoms with Crippen LogP contribution in [0.1, 0.15) is 6.42 Å². The number of rotatable bonds is 4. The number of amidine groups is 1. The molecule has 0 unspecified atom stereocenters. The highest BCUT2D eigenvalue weighted by Crippen LogP contribution is 2.20. The predicted octanol–water partition coefficient (Wildman–Crippen LogP) is 1.40. The first kappa shape index (κ1) is 11.3. The van der Waals surface area contributed by atoms with Gasteiger partial charge in [-0.3, -0.25) is 0 Å². The molecule has 0 aliphatic heterocycles. The number of para-hydroxylation sites is 2. The van der Waals surface area contributed by atoms with Crippen LogP contribution < -0.4 is 10.6 Å². The molecule has 2 rings (SSSR count). The molecule has 0 atom stereocenters. The van der Waals surface area contributed by atoms with E-state index in [2.05, 4.69) is 10.1 Å². The van der Waals surface area contributed by atoms with E-state index in [1.807, 2.05) is 36.2 Å². The van der Waals surface area contributed by atoms with Gasteiger partial charge in [0.1, 0.15) is 11.4 Å². The molecule has 0 spiro atoms. The van der Waals surface area contributed by atoms with E-state index in [0.717, 1.165) is 11.1 Å². The second-order valence-electron chi connectivity index (χ2n) is 3.73. The molecular formula is C11H14N4O2. The number of nitrogens with zero attached hydrogens (tertiary/aromatic N) is 3. The summed E-state index contributed by atoms with van der Waals surface area (Å²) in [4.78, 5) is 6.15. The Bertz CT molecular complexity index is 502. The fourth-order valence-corrected chi connectivity index (χ4v) is 1.45. The van der Waals surface area contributed by atoms with Crippen molar-refractivity contribution in [3.8, 4) is 0 Å². The van der Waals surface area contributed by atoms with Crippen molar-refractivity contribution in [2.24, 2.45) is 10.9 Å². The van der Waals surface area contributed by atoms with Crippen molar-refractivity contribution >= 4 is 22.9 Å². The minimum absolute atomic E-state index is 0.188. The fourth-order valence-electron chi connectivity index (χ4n) is 1.45. The highest BCUT2D eigenvalue weighted by atomic mass is 16.4. The summed E-state index contributed by atoms with van der Waals surface area (Å²) in [6.07, 6.45) is 0.450. The zero-order valence-electron chi connectivity index (χ0n) is 9.50. The molecule has 0 saturated carbocycles. The minimum atomic E-state index is 0.188. The Morgan fingerprint density at radius 1 is 1.53 bits per heavy atom. The van der Waals surface area contributed by atoms with E-state index in [4.69, 9.17) is 15.4 Å². The Morgan fingerprint density at radius 2 is 2.29 bits per heavy atom. The van der Waals surface area contributed by atoms with Crippen molar-refractivity contribution in [1.82, 2.24) is 4.98 Å². The molecule has 1 aromatic heterocycles. The van der Waals surface area contributed by atoms with Crippen LogP contribution in [-0.2, 0) is 0 Å². The highest BCUT2D eigenvalue weighted by Gasteiger charge is 2.10. The Hall–Kier alpha value is -2.24. The van der Waals surface area contributed by atoms with Crippen molar-refractivity contribution in [2.45, 2.75) is 6.42 Å². The Kier molecular flexibility index (Phi) is 3.13. The van der Waals surface area contributed by atoms with Gasteiger partial charge < -0.3 is 20.3 Å². The lowest BCUT2D eigenvalue weighted by molar-refractivity contribution is 0.317. The first-order chi connectivity index (χ1) is 8.20. The van der Waals surface area contributed by atoms with Crippen LogP contribution in [0.2, 0.25) is 0 Å². The van der Waals surface area contributed by atoms with E-state index in [1.165, 1.54) is 0 Å². The van der Waals surface area contributed by atoms with Crippen LogP contribution in [0.3, 0.4) is 0 Å². The summed E-state index contributed by atoms with van der Waals surface area (Å²) in [6.45, 7) is 0.572. The number of anilines is 1. The number of oxime groups is 1. The van der Waals surface area contributed by atoms with Crippen LogP contribution in [0.5, 0.6) is 0 Å². The van der Waals surface area contributed by atoms with Gasteiger partial charge in [-0.2, -0.15) is 4.98 Å². The van der Waals surface area contributed by atoms with Gasteiger partial charge in [0.25, 0.3) is 6.01 Å². The molecule has 6 heteroatoms. The van der Waals surface area contributed by atoms with Gasteiger partial charge in [-0.05, 0) is 12.1 Å². The number of nitrogens with two attached hydrogens (primary N) is 1. The van der Waals surface area contributed by atoms with Crippen LogP contribution in [0.25, 0.3) is 11.1 Å². The van der Waals surface area contributed by atoms with Crippen LogP contribution in [0, 0.1) is 0 Å². The summed E-state index contributed by atoms with van der Waals surface area (Å²) in [5.41, 5.74) is 6.96. The van der Waals surface area contributed by atoms with E-state index >= 15 is 0 Å². The van der Waals surface area contributed by atoms with Gasteiger partial charge in [0.2, 0.25) is 0 Å². The standard InChI is InChI=1S/C11H14N4O2/c1-15(7-6-10(12)14-16)11-13-8-4-2-3-5-9(8)17-11/h2-5,16H,6-7H2,1H3,(H2,12,14). The highest BCUT2D eigenvalue weighted by molar-refractivity contribution is 5.80. The molecule has 0 amide bonds. The summed E-state index contributed by atoms with van der Waals surface area (Å²) >= 11 is 0. The molecule has 1 heterocycles. The normalized spacial score (nSPS) is 11.9. The second kappa shape index (κ2) is 4.73. The first-order valence-electron chi connectivity index (χ1n) is 5.24. The molecule has 0 fully saturated rings. The van der Waals surface area contributed by atoms with Crippen molar-refractivity contribution in [1.29, 1.82) is 0 Å². The van der Waals surface area contributed by atoms with Gasteiger partial charge in [-0.15, -0.1) is 0 Å². The average Bonchev–Trinajstić information content (AvgIpc) is 2.79. The fraction of sp³-hybridized carbons (Fsp3) is 0.273. The number of oxazole rings is 1. The van der Waals surface area contributed by atoms with Gasteiger partial charge in [0.15, 0.2) is 5.58 Å². The van der Waals surface area contributed by atoms with Crippen molar-refractivity contribution < 1.29 is 9.62 Å². The molecule has 2 aromatic rings. The van der Waals surface area contributed by atoms with Crippen LogP contribution in [0.15, 0.2) is 33.8 Å². The first-order valence-corrected chi connectivity index (χ1v) is 5.24. The summed E-state index contributed by atoms with van der Waals surface area (Å²) in [5, 5.41) is 11.4. The topological polar surface area (TPSA) is 87.9 Å². The zero-order valence-corrected chi connectivity index (χ0v) is 9.50. The lowest BCUT2D eigenvalue weighted by Crippen LogP contribution is -2.24. The molecule has 0 bridgehead atoms. The molecule has 0 aliphatic carbocycles. The van der Waals surface area contributed by atoms with E-state index < -0.39 is 0 Å². The second-order valence-corrected chi connectivity index (χ2v) is 3.73. The lowest BCUT2D eigenvalue weighted by Gasteiger charge is -2.12. The molecule has 1 aromatic carbocycles. The van der Waals surface area contributed by atoms with Crippen LogP contribution >= 0.6 is 0 Å². The monoisotopic (exact) mass is 234 g/mol. The van der Waals surface area contributed by atoms with Gasteiger partial charge in [-0.25, -0.2) is 0 Å². The summed E-state index contributed by atoms with van der Waals surface area (Å²) in [7, 11) is 1.84. The summed E-state index contributed by atoms with van der Waals surface area (Å²) < 4.78 is 5.57. The third kappa shape index (κ3) is 2.47. The zero-order chi connectivity index (χ0) is 12.3. The molecular weight excluding hydrogens is 220 g/mol. The Morgan fingerprint density at radius 3 is 3.00 bits per heavy atom. The van der Waals surface area contributed by atoms with Crippen LogP contribution in [0.4, 0.5) is 6.01 Å². The largest absolute Gasteiger partial charge is 0.423 e. The Labute approximate surface area is 98.3 Å². The smallest absolute Gasteiger partial charge is 0.298 e. The Balaban J connectivity index is 2.11. The molecule has 0 saturated heterocycles. The van der Waals surface area contributed by atoms with E-state index in [0.29, 0.717) is 19.0 Å². The lowest BCUT2D eigenvalue weighted by atomic mass is 10.3. The molecule has 17 heavy (non-hydrogen) atoms. The number of hydrogen-bond acceptors (Lipinski definition) is 5. The maximum atomic E-state index is 8.44. The molecule has 0 radical (unpaired) electrons. The quantitative estimate of drug-likeness (QED) is 0.361. The molecule has 6 nitrogen and oxygen atoms in total. The van der Waals surface area contributed by atoms with Crippen molar-refractivity contribution in [3.63, 3.8) is 0 Å². The summed E-state index contributed by atoms with van der Waals surface area (Å²) in [5.74, 6) is 0.188. The third-order valence-corrected chi connectivity index (χ3v) is 2.44. The van der Waals surface area contributed by atoms with E-state index in [9.17, 15) is 0 Å². The number of aromatic nitrogens is 1. The van der Waals surface area contributed by atoms with Gasteiger partial charge in [0.05, 0.1) is 0 Å². The molecule has 0 aliphatic rings. The van der Waals surface area contributed by atoms with Crippen molar-refractivity contribution in [2.75, 3.05) is 18.5 Å². The molecule has 3 N–H and O–H groups in total. The molecule has 90 valence electrons. The van der Waals surface area contributed by atoms with Gasteiger partial charge in [-0.1, -0.05) is 17.3 Å². The van der Waals surface area contributed by atoms with E-state index in [-0.39, 0.29) is 5.84 Å². The predicted molar refractivity (Wildman–Crippen MR) is 65.3 cm³/mol. The van der Waals surface area contributed by atoms with Crippen LogP contribution in [-0.4, -0.2) is 29.6 Å². The number of benzene rings is 1. The number of fused-ring (bicyclic) bond motifs is 1. The van der Waals surface area contributed by atoms with E-state index in [1.54, 1.807) is 0 Å². The third-order valence-electron chi connectivity index (χ3n) is 2.44. The SMILES string of the molecule is CN(CC/C(N)=N/O)c1nc2ccccc2o1. The van der Waals surface area contributed by atoms with Gasteiger partial charge >= 0.3 is 0 Å². The van der Waals surface area contributed by atoms with Crippen molar-refractivity contribution in [3.05, 3.63) is 24.3 Å². The summed E-state index contributed by atoms with van der Waals surface area (Å²) in [6, 6.07) is 8.08.